The predicted molar refractivity (Wildman–Crippen MR) is 125 cm³/mol. The Kier molecular flexibility index (Phi) is 7.98. The van der Waals surface area contributed by atoms with E-state index in [4.69, 9.17) is 9.47 Å². The van der Waals surface area contributed by atoms with Crippen LogP contribution in [0.5, 0.6) is 5.75 Å². The van der Waals surface area contributed by atoms with Crippen LogP contribution in [-0.4, -0.2) is 32.1 Å². The normalized spacial score (nSPS) is 12.1. The smallest absolute Gasteiger partial charge is 0.416 e. The number of nitrogens with one attached hydrogen (secondary N) is 1. The topological polar surface area (TPSA) is 64.6 Å². The summed E-state index contributed by atoms with van der Waals surface area (Å²) in [5.74, 6) is -0.951. The van der Waals surface area contributed by atoms with Gasteiger partial charge >= 0.3 is 12.1 Å². The number of carbonyl (C=O) groups excluding carboxylic acids is 2. The van der Waals surface area contributed by atoms with Gasteiger partial charge < -0.3 is 14.8 Å². The van der Waals surface area contributed by atoms with Crippen LogP contribution >= 0.6 is 15.9 Å². The van der Waals surface area contributed by atoms with Crippen LogP contribution in [0.1, 0.15) is 21.5 Å². The highest BCUT2D eigenvalue weighted by Gasteiger charge is 2.30. The summed E-state index contributed by atoms with van der Waals surface area (Å²) in [7, 11) is 2.62. The number of ether oxygens (including phenoxy) is 2. The fourth-order valence-electron chi connectivity index (χ4n) is 3.34. The molecule has 0 unspecified atom stereocenters. The quantitative estimate of drug-likeness (QED) is 0.396. The van der Waals surface area contributed by atoms with Gasteiger partial charge in [-0.2, -0.15) is 13.2 Å². The van der Waals surface area contributed by atoms with E-state index in [2.05, 4.69) is 21.2 Å². The van der Waals surface area contributed by atoms with Gasteiger partial charge in [-0.15, -0.1) is 0 Å². The second kappa shape index (κ2) is 10.7. The average molecular weight is 536 g/mol. The number of esters is 1. The Hall–Kier alpha value is -3.33. The zero-order chi connectivity index (χ0) is 24.9. The third kappa shape index (κ3) is 6.17. The van der Waals surface area contributed by atoms with E-state index in [9.17, 15) is 22.8 Å². The highest BCUT2D eigenvalue weighted by molar-refractivity contribution is 9.10. The molecule has 3 aromatic rings. The Labute approximate surface area is 203 Å². The van der Waals surface area contributed by atoms with Gasteiger partial charge in [-0.3, -0.25) is 4.79 Å². The van der Waals surface area contributed by atoms with Crippen molar-refractivity contribution in [2.24, 2.45) is 0 Å². The van der Waals surface area contributed by atoms with E-state index in [1.54, 1.807) is 12.1 Å². The van der Waals surface area contributed by atoms with Gasteiger partial charge in [0.2, 0.25) is 0 Å². The van der Waals surface area contributed by atoms with Crippen LogP contribution in [-0.2, 0) is 22.1 Å². The number of alkyl halides is 3. The highest BCUT2D eigenvalue weighted by atomic mass is 79.9. The lowest BCUT2D eigenvalue weighted by atomic mass is 10.00. The first-order valence-electron chi connectivity index (χ1n) is 10.1. The molecule has 0 saturated heterocycles. The second-order valence-corrected chi connectivity index (χ2v) is 8.29. The number of halogens is 4. The Bertz CT molecular complexity index is 1160. The van der Waals surface area contributed by atoms with Gasteiger partial charge in [0.05, 0.1) is 25.3 Å². The molecule has 1 N–H and O–H groups in total. The molecule has 0 saturated carbocycles. The Morgan fingerprint density at radius 2 is 1.56 bits per heavy atom. The third-order valence-electron chi connectivity index (χ3n) is 5.13. The summed E-state index contributed by atoms with van der Waals surface area (Å²) in [5.41, 5.74) is 1.18. The average Bonchev–Trinajstić information content (AvgIpc) is 2.83. The summed E-state index contributed by atoms with van der Waals surface area (Å²) in [6.07, 6.45) is -4.24. The predicted octanol–water partition coefficient (Wildman–Crippen LogP) is 5.66. The van der Waals surface area contributed by atoms with E-state index in [1.165, 1.54) is 32.4 Å². The van der Waals surface area contributed by atoms with Gasteiger partial charge in [0, 0.05) is 10.9 Å². The first kappa shape index (κ1) is 25.3. The minimum atomic E-state index is -4.44. The minimum absolute atomic E-state index is 0.129. The van der Waals surface area contributed by atoms with Crippen molar-refractivity contribution in [2.45, 2.75) is 18.6 Å². The number of hydrogen-bond donors (Lipinski definition) is 1. The number of rotatable bonds is 7. The van der Waals surface area contributed by atoms with Crippen molar-refractivity contribution in [2.75, 3.05) is 14.2 Å². The van der Waals surface area contributed by atoms with Gasteiger partial charge in [0.1, 0.15) is 11.8 Å². The molecular weight excluding hydrogens is 515 g/mol. The molecule has 0 aliphatic heterocycles. The molecule has 0 aliphatic rings. The summed E-state index contributed by atoms with van der Waals surface area (Å²) in [6, 6.07) is 15.6. The van der Waals surface area contributed by atoms with Crippen molar-refractivity contribution < 1.29 is 32.2 Å². The standard InChI is InChI=1S/C25H21BrF3NO4/c1-33-22-12-7-17(16-5-8-18(9-6-16)25(27,28)29)14-20(22)23(31)30-21(24(32)34-2)13-15-3-10-19(26)11-4-15/h3-12,14,21H,13H2,1-2H3,(H,30,31)/t21-/m0/s1. The zero-order valence-corrected chi connectivity index (χ0v) is 19.9. The maximum absolute atomic E-state index is 13.1. The molecule has 0 aliphatic carbocycles. The third-order valence-corrected chi connectivity index (χ3v) is 5.66. The van der Waals surface area contributed by atoms with E-state index in [-0.39, 0.29) is 17.7 Å². The summed E-state index contributed by atoms with van der Waals surface area (Å²) in [4.78, 5) is 25.5. The molecule has 0 fully saturated rings. The van der Waals surface area contributed by atoms with E-state index in [1.807, 2.05) is 24.3 Å². The molecule has 178 valence electrons. The van der Waals surface area contributed by atoms with Crippen LogP contribution in [0.4, 0.5) is 13.2 Å². The van der Waals surface area contributed by atoms with Crippen LogP contribution in [0.3, 0.4) is 0 Å². The molecule has 1 atom stereocenters. The first-order chi connectivity index (χ1) is 16.1. The van der Waals surface area contributed by atoms with E-state index in [0.29, 0.717) is 11.1 Å². The maximum Gasteiger partial charge on any atom is 0.416 e. The first-order valence-corrected chi connectivity index (χ1v) is 10.9. The molecule has 0 radical (unpaired) electrons. The molecular formula is C25H21BrF3NO4. The molecule has 34 heavy (non-hydrogen) atoms. The summed E-state index contributed by atoms with van der Waals surface area (Å²) < 4.78 is 49.6. The van der Waals surface area contributed by atoms with Crippen LogP contribution in [0.25, 0.3) is 11.1 Å². The summed E-state index contributed by atoms with van der Waals surface area (Å²) >= 11 is 3.35. The van der Waals surface area contributed by atoms with Gasteiger partial charge in [-0.1, -0.05) is 46.3 Å². The molecule has 3 rings (SSSR count). The molecule has 5 nitrogen and oxygen atoms in total. The largest absolute Gasteiger partial charge is 0.496 e. The molecule has 9 heteroatoms. The van der Waals surface area contributed by atoms with E-state index < -0.39 is 29.7 Å². The lowest BCUT2D eigenvalue weighted by Gasteiger charge is -2.18. The molecule has 0 heterocycles. The van der Waals surface area contributed by atoms with Gasteiger partial charge in [0.25, 0.3) is 5.91 Å². The van der Waals surface area contributed by atoms with Crippen LogP contribution in [0.15, 0.2) is 71.2 Å². The number of methoxy groups -OCH3 is 2. The summed E-state index contributed by atoms with van der Waals surface area (Å²) in [5, 5.41) is 2.68. The SMILES string of the molecule is COC(=O)[C@H](Cc1ccc(Br)cc1)NC(=O)c1cc(-c2ccc(C(F)(F)F)cc2)ccc1OC. The number of benzene rings is 3. The number of carbonyl (C=O) groups is 2. The van der Waals surface area contributed by atoms with Gasteiger partial charge in [-0.25, -0.2) is 4.79 Å². The minimum Gasteiger partial charge on any atom is -0.496 e. The van der Waals surface area contributed by atoms with Crippen LogP contribution < -0.4 is 10.1 Å². The van der Waals surface area contributed by atoms with Crippen molar-refractivity contribution in [1.82, 2.24) is 5.32 Å². The second-order valence-electron chi connectivity index (χ2n) is 7.37. The molecule has 1 amide bonds. The highest BCUT2D eigenvalue weighted by Crippen LogP contribution is 2.32. The van der Waals surface area contributed by atoms with Crippen molar-refractivity contribution >= 4 is 27.8 Å². The lowest BCUT2D eigenvalue weighted by molar-refractivity contribution is -0.143. The fourth-order valence-corrected chi connectivity index (χ4v) is 3.61. The van der Waals surface area contributed by atoms with Gasteiger partial charge in [-0.05, 0) is 53.1 Å². The molecule has 3 aromatic carbocycles. The number of amides is 1. The maximum atomic E-state index is 13.1. The Morgan fingerprint density at radius 3 is 2.12 bits per heavy atom. The molecule has 0 spiro atoms. The molecule has 0 bridgehead atoms. The van der Waals surface area contributed by atoms with Crippen molar-refractivity contribution in [1.29, 1.82) is 0 Å². The lowest BCUT2D eigenvalue weighted by Crippen LogP contribution is -2.43. The zero-order valence-electron chi connectivity index (χ0n) is 18.3. The molecule has 0 aromatic heterocycles. The Balaban J connectivity index is 1.88. The van der Waals surface area contributed by atoms with E-state index in [0.717, 1.165) is 22.2 Å². The van der Waals surface area contributed by atoms with Crippen molar-refractivity contribution in [3.05, 3.63) is 87.9 Å². The van der Waals surface area contributed by atoms with Crippen molar-refractivity contribution in [3.63, 3.8) is 0 Å². The number of hydrogen-bond acceptors (Lipinski definition) is 4. The monoisotopic (exact) mass is 535 g/mol. The van der Waals surface area contributed by atoms with Crippen LogP contribution in [0, 0.1) is 0 Å². The van der Waals surface area contributed by atoms with E-state index >= 15 is 0 Å². The Morgan fingerprint density at radius 1 is 0.941 bits per heavy atom. The van der Waals surface area contributed by atoms with Crippen molar-refractivity contribution in [3.8, 4) is 16.9 Å². The fraction of sp³-hybridized carbons (Fsp3) is 0.200. The van der Waals surface area contributed by atoms with Gasteiger partial charge in [0.15, 0.2) is 0 Å². The summed E-state index contributed by atoms with van der Waals surface area (Å²) in [6.45, 7) is 0. The van der Waals surface area contributed by atoms with Crippen LogP contribution in [0.2, 0.25) is 0 Å².